The van der Waals surface area contributed by atoms with Crippen molar-refractivity contribution in [3.8, 4) is 0 Å². The number of rotatable bonds is 4. The Morgan fingerprint density at radius 2 is 2.17 bits per heavy atom. The molecule has 0 radical (unpaired) electrons. The minimum absolute atomic E-state index is 0.355. The minimum atomic E-state index is -0.921. The number of anilines is 2. The molecule has 0 aromatic carbocycles. The summed E-state index contributed by atoms with van der Waals surface area (Å²) in [6.45, 7) is 1.89. The third kappa shape index (κ3) is 3.20. The molecule has 18 heavy (non-hydrogen) atoms. The molecule has 0 amide bonds. The zero-order valence-corrected chi connectivity index (χ0v) is 11.7. The summed E-state index contributed by atoms with van der Waals surface area (Å²) in [5.41, 5.74) is 1.06. The molecule has 1 fully saturated rings. The molecule has 0 spiro atoms. The van der Waals surface area contributed by atoms with Crippen LogP contribution in [0.5, 0.6) is 0 Å². The number of nitrogens with one attached hydrogen (secondary N) is 2. The van der Waals surface area contributed by atoms with Gasteiger partial charge in [0.1, 0.15) is 0 Å². The van der Waals surface area contributed by atoms with E-state index in [-0.39, 0.29) is 0 Å². The Kier molecular flexibility index (Phi) is 4.54. The highest BCUT2D eigenvalue weighted by Crippen LogP contribution is 2.25. The maximum Gasteiger partial charge on any atom is 0.151 e. The molecule has 1 aliphatic heterocycles. The average molecular weight is 268 g/mol. The van der Waals surface area contributed by atoms with E-state index in [1.807, 2.05) is 25.4 Å². The number of aromatic nitrogens is 1. The third-order valence-electron chi connectivity index (χ3n) is 3.18. The first-order chi connectivity index (χ1) is 8.70. The van der Waals surface area contributed by atoms with Crippen LogP contribution in [0.4, 0.5) is 11.5 Å². The van der Waals surface area contributed by atoms with Crippen LogP contribution in [-0.4, -0.2) is 41.6 Å². The highest BCUT2D eigenvalue weighted by molar-refractivity contribution is 7.82. The predicted molar refractivity (Wildman–Crippen MR) is 76.2 cm³/mol. The van der Waals surface area contributed by atoms with Crippen LogP contribution in [-0.2, 0) is 11.0 Å². The molecule has 2 rings (SSSR count). The van der Waals surface area contributed by atoms with Gasteiger partial charge >= 0.3 is 0 Å². The highest BCUT2D eigenvalue weighted by atomic mass is 32.2. The van der Waals surface area contributed by atoms with E-state index >= 15 is 0 Å². The monoisotopic (exact) mass is 268 g/mol. The molecule has 1 aromatic rings. The van der Waals surface area contributed by atoms with Gasteiger partial charge in [-0.3, -0.25) is 0 Å². The van der Waals surface area contributed by atoms with Gasteiger partial charge in [0.25, 0.3) is 0 Å². The molecule has 1 atom stereocenters. The summed E-state index contributed by atoms with van der Waals surface area (Å²) in [6.07, 6.45) is 5.50. The van der Waals surface area contributed by atoms with Crippen LogP contribution in [0.1, 0.15) is 12.8 Å². The van der Waals surface area contributed by atoms with Gasteiger partial charge in [0.15, 0.2) is 5.82 Å². The molecular formula is C12H20N4OS. The van der Waals surface area contributed by atoms with Gasteiger partial charge in [0, 0.05) is 38.6 Å². The quantitative estimate of drug-likeness (QED) is 0.854. The lowest BCUT2D eigenvalue weighted by Crippen LogP contribution is -2.43. The summed E-state index contributed by atoms with van der Waals surface area (Å²) in [5, 5.41) is 3.17. The van der Waals surface area contributed by atoms with Gasteiger partial charge in [-0.15, -0.1) is 0 Å². The first-order valence-electron chi connectivity index (χ1n) is 6.18. The average Bonchev–Trinajstić information content (AvgIpc) is 2.39. The van der Waals surface area contributed by atoms with Crippen LogP contribution < -0.4 is 14.9 Å². The van der Waals surface area contributed by atoms with Gasteiger partial charge in [0.05, 0.1) is 16.7 Å². The summed E-state index contributed by atoms with van der Waals surface area (Å²) in [5.74, 6) is 1.01. The molecule has 6 heteroatoms. The number of nitrogens with zero attached hydrogens (tertiary/aromatic N) is 2. The first kappa shape index (κ1) is 13.3. The molecule has 0 aliphatic carbocycles. The van der Waals surface area contributed by atoms with Crippen molar-refractivity contribution in [3.05, 3.63) is 18.3 Å². The van der Waals surface area contributed by atoms with Crippen LogP contribution in [0.15, 0.2) is 18.3 Å². The second kappa shape index (κ2) is 6.15. The van der Waals surface area contributed by atoms with Gasteiger partial charge in [-0.05, 0) is 25.0 Å². The van der Waals surface area contributed by atoms with E-state index in [1.165, 1.54) is 0 Å². The summed E-state index contributed by atoms with van der Waals surface area (Å²) >= 11 is 0. The fourth-order valence-corrected chi connectivity index (χ4v) is 2.99. The lowest BCUT2D eigenvalue weighted by atomic mass is 10.1. The molecule has 1 unspecified atom stereocenters. The molecule has 1 aliphatic rings. The second-order valence-electron chi connectivity index (χ2n) is 4.46. The molecule has 0 bridgehead atoms. The smallest absolute Gasteiger partial charge is 0.151 e. The van der Waals surface area contributed by atoms with Crippen LogP contribution in [0.25, 0.3) is 0 Å². The largest absolute Gasteiger partial charge is 0.385 e. The Labute approximate surface area is 111 Å². The number of piperidine rings is 1. The normalized spacial score (nSPS) is 18.7. The van der Waals surface area contributed by atoms with Crippen molar-refractivity contribution in [2.24, 2.45) is 0 Å². The zero-order chi connectivity index (χ0) is 13.0. The van der Waals surface area contributed by atoms with Gasteiger partial charge in [-0.25, -0.2) is 13.9 Å². The minimum Gasteiger partial charge on any atom is -0.385 e. The van der Waals surface area contributed by atoms with Gasteiger partial charge < -0.3 is 10.2 Å². The van der Waals surface area contributed by atoms with E-state index in [0.29, 0.717) is 6.04 Å². The van der Waals surface area contributed by atoms with Crippen molar-refractivity contribution < 1.29 is 4.21 Å². The third-order valence-corrected chi connectivity index (χ3v) is 3.85. The number of hydrogen-bond acceptors (Lipinski definition) is 4. The van der Waals surface area contributed by atoms with Crippen LogP contribution in [0.2, 0.25) is 0 Å². The zero-order valence-electron chi connectivity index (χ0n) is 10.8. The van der Waals surface area contributed by atoms with Gasteiger partial charge in [-0.1, -0.05) is 0 Å². The van der Waals surface area contributed by atoms with E-state index in [2.05, 4.69) is 19.9 Å². The first-order valence-corrected chi connectivity index (χ1v) is 7.74. The van der Waals surface area contributed by atoms with Crippen molar-refractivity contribution >= 4 is 22.5 Å². The van der Waals surface area contributed by atoms with Crippen molar-refractivity contribution in [2.45, 2.75) is 18.9 Å². The van der Waals surface area contributed by atoms with Crippen molar-refractivity contribution in [2.75, 3.05) is 36.6 Å². The summed E-state index contributed by atoms with van der Waals surface area (Å²) in [6, 6.07) is 4.33. The molecular weight excluding hydrogens is 248 g/mol. The van der Waals surface area contributed by atoms with Gasteiger partial charge in [-0.2, -0.15) is 0 Å². The van der Waals surface area contributed by atoms with E-state index in [4.69, 9.17) is 0 Å². The van der Waals surface area contributed by atoms with E-state index in [1.54, 1.807) is 6.26 Å². The van der Waals surface area contributed by atoms with E-state index in [0.717, 1.165) is 37.4 Å². The van der Waals surface area contributed by atoms with Crippen LogP contribution in [0.3, 0.4) is 0 Å². The maximum absolute atomic E-state index is 11.1. The standard InChI is InChI=1S/C12H20N4OS/c1-13-11-4-3-7-14-12(11)16-8-5-10(6-9-16)15-18(2)17/h3-4,7,10,13,15H,5-6,8-9H2,1-2H3. The molecule has 100 valence electrons. The molecule has 2 heterocycles. The Bertz CT molecular complexity index is 418. The van der Waals surface area contributed by atoms with Crippen molar-refractivity contribution in [3.63, 3.8) is 0 Å². The lowest BCUT2D eigenvalue weighted by molar-refractivity contribution is 0.471. The predicted octanol–water partition coefficient (Wildman–Crippen LogP) is 0.975. The molecule has 0 saturated carbocycles. The van der Waals surface area contributed by atoms with Crippen LogP contribution in [0, 0.1) is 0 Å². The molecule has 1 aromatic heterocycles. The topological polar surface area (TPSA) is 57.3 Å². The SMILES string of the molecule is CNc1cccnc1N1CCC(NS(C)=O)CC1. The van der Waals surface area contributed by atoms with E-state index < -0.39 is 11.0 Å². The van der Waals surface area contributed by atoms with E-state index in [9.17, 15) is 4.21 Å². The second-order valence-corrected chi connectivity index (χ2v) is 5.60. The highest BCUT2D eigenvalue weighted by Gasteiger charge is 2.21. The molecule has 1 saturated heterocycles. The Balaban J connectivity index is 1.99. The summed E-state index contributed by atoms with van der Waals surface area (Å²) in [7, 11) is 0.990. The Hall–Kier alpha value is -1.14. The number of pyridine rings is 1. The summed E-state index contributed by atoms with van der Waals surface area (Å²) in [4.78, 5) is 6.72. The molecule has 2 N–H and O–H groups in total. The van der Waals surface area contributed by atoms with Crippen LogP contribution >= 0.6 is 0 Å². The summed E-state index contributed by atoms with van der Waals surface area (Å²) < 4.78 is 14.2. The Morgan fingerprint density at radius 3 is 2.78 bits per heavy atom. The van der Waals surface area contributed by atoms with Crippen molar-refractivity contribution in [1.29, 1.82) is 0 Å². The molecule has 5 nitrogen and oxygen atoms in total. The Morgan fingerprint density at radius 1 is 1.44 bits per heavy atom. The number of hydrogen-bond donors (Lipinski definition) is 2. The lowest BCUT2D eigenvalue weighted by Gasteiger charge is -2.33. The maximum atomic E-state index is 11.1. The van der Waals surface area contributed by atoms with Crippen molar-refractivity contribution in [1.82, 2.24) is 9.71 Å². The van der Waals surface area contributed by atoms with Gasteiger partial charge in [0.2, 0.25) is 0 Å². The fourth-order valence-electron chi connectivity index (χ4n) is 2.29. The fraction of sp³-hybridized carbons (Fsp3) is 0.583.